The summed E-state index contributed by atoms with van der Waals surface area (Å²) in [5.41, 5.74) is 1.26. The van der Waals surface area contributed by atoms with Crippen LogP contribution in [0.25, 0.3) is 0 Å². The van der Waals surface area contributed by atoms with Crippen LogP contribution in [0.1, 0.15) is 36.2 Å². The Hall–Kier alpha value is -0.910. The second-order valence-corrected chi connectivity index (χ2v) is 7.64. The molecule has 122 valence electrons. The molecule has 2 unspecified atom stereocenters. The van der Waals surface area contributed by atoms with E-state index in [0.717, 1.165) is 45.7 Å². The summed E-state index contributed by atoms with van der Waals surface area (Å²) < 4.78 is 0. The lowest BCUT2D eigenvalue weighted by Gasteiger charge is -2.39. The molecular formula is C17H27N3OS. The third-order valence-corrected chi connectivity index (χ3v) is 5.94. The second-order valence-electron chi connectivity index (χ2n) is 6.69. The van der Waals surface area contributed by atoms with Crippen LogP contribution in [0, 0.1) is 12.8 Å². The van der Waals surface area contributed by atoms with Gasteiger partial charge in [0.2, 0.25) is 5.91 Å². The molecule has 0 aromatic carbocycles. The van der Waals surface area contributed by atoms with Crippen LogP contribution < -0.4 is 5.32 Å². The van der Waals surface area contributed by atoms with Gasteiger partial charge in [0, 0.05) is 44.1 Å². The highest BCUT2D eigenvalue weighted by molar-refractivity contribution is 7.10. The van der Waals surface area contributed by atoms with Crippen LogP contribution in [-0.4, -0.2) is 55.0 Å². The van der Waals surface area contributed by atoms with Crippen molar-refractivity contribution in [2.75, 3.05) is 39.3 Å². The van der Waals surface area contributed by atoms with Gasteiger partial charge in [-0.25, -0.2) is 0 Å². The standard InChI is InChI=1S/C17H27N3OS/c1-13-4-3-8-20(12-13)17(21)15(16-14(2)5-11-22-16)19-9-6-18-7-10-19/h5,11,13,15,18H,3-4,6-10,12H2,1-2H3. The zero-order chi connectivity index (χ0) is 15.5. The minimum absolute atomic E-state index is 0.0765. The van der Waals surface area contributed by atoms with Gasteiger partial charge in [-0.3, -0.25) is 9.69 Å². The summed E-state index contributed by atoms with van der Waals surface area (Å²) in [6, 6.07) is 2.06. The molecule has 3 rings (SSSR count). The fourth-order valence-corrected chi connectivity index (χ4v) is 4.65. The van der Waals surface area contributed by atoms with Crippen molar-refractivity contribution in [2.24, 2.45) is 5.92 Å². The zero-order valence-corrected chi connectivity index (χ0v) is 14.5. The fourth-order valence-electron chi connectivity index (χ4n) is 3.60. The van der Waals surface area contributed by atoms with E-state index >= 15 is 0 Å². The first-order valence-corrected chi connectivity index (χ1v) is 9.32. The van der Waals surface area contributed by atoms with Gasteiger partial charge in [-0.1, -0.05) is 6.92 Å². The highest BCUT2D eigenvalue weighted by Gasteiger charge is 2.35. The van der Waals surface area contributed by atoms with Crippen LogP contribution in [-0.2, 0) is 4.79 Å². The first kappa shape index (κ1) is 16.0. The molecule has 1 aromatic rings. The Morgan fingerprint density at radius 3 is 2.77 bits per heavy atom. The average Bonchev–Trinajstić information content (AvgIpc) is 2.95. The third-order valence-electron chi connectivity index (χ3n) is 4.87. The highest BCUT2D eigenvalue weighted by atomic mass is 32.1. The monoisotopic (exact) mass is 321 g/mol. The highest BCUT2D eigenvalue weighted by Crippen LogP contribution is 2.32. The number of piperidine rings is 1. The molecule has 1 aromatic heterocycles. The predicted octanol–water partition coefficient (Wildman–Crippen LogP) is 2.26. The molecule has 2 fully saturated rings. The van der Waals surface area contributed by atoms with Gasteiger partial charge in [-0.05, 0) is 42.7 Å². The molecule has 2 atom stereocenters. The lowest BCUT2D eigenvalue weighted by Crippen LogP contribution is -2.51. The Labute approximate surface area is 137 Å². The molecule has 0 saturated carbocycles. The number of amides is 1. The van der Waals surface area contributed by atoms with Gasteiger partial charge in [0.05, 0.1) is 0 Å². The third kappa shape index (κ3) is 3.36. The lowest BCUT2D eigenvalue weighted by molar-refractivity contribution is -0.139. The number of carbonyl (C=O) groups excluding carboxylic acids is 1. The van der Waals surface area contributed by atoms with Gasteiger partial charge < -0.3 is 10.2 Å². The van der Waals surface area contributed by atoms with Gasteiger partial charge in [0.15, 0.2) is 0 Å². The lowest BCUT2D eigenvalue weighted by atomic mass is 9.98. The number of rotatable bonds is 3. The van der Waals surface area contributed by atoms with Crippen molar-refractivity contribution in [3.8, 4) is 0 Å². The van der Waals surface area contributed by atoms with E-state index in [1.165, 1.54) is 16.9 Å². The molecule has 5 heteroatoms. The molecule has 2 saturated heterocycles. The van der Waals surface area contributed by atoms with E-state index in [4.69, 9.17) is 0 Å². The van der Waals surface area contributed by atoms with Gasteiger partial charge in [-0.15, -0.1) is 11.3 Å². The Morgan fingerprint density at radius 2 is 2.14 bits per heavy atom. The molecular weight excluding hydrogens is 294 g/mol. The number of hydrogen-bond donors (Lipinski definition) is 1. The van der Waals surface area contributed by atoms with Crippen molar-refractivity contribution in [1.82, 2.24) is 15.1 Å². The molecule has 3 heterocycles. The SMILES string of the molecule is Cc1ccsc1C(C(=O)N1CCCC(C)C1)N1CCNCC1. The summed E-state index contributed by atoms with van der Waals surface area (Å²) in [6.07, 6.45) is 2.39. The maximum absolute atomic E-state index is 13.3. The van der Waals surface area contributed by atoms with E-state index in [2.05, 4.69) is 40.4 Å². The van der Waals surface area contributed by atoms with E-state index in [9.17, 15) is 4.79 Å². The molecule has 2 aliphatic rings. The van der Waals surface area contributed by atoms with E-state index < -0.39 is 0 Å². The van der Waals surface area contributed by atoms with Crippen molar-refractivity contribution in [2.45, 2.75) is 32.7 Å². The van der Waals surface area contributed by atoms with Crippen molar-refractivity contribution in [1.29, 1.82) is 0 Å². The van der Waals surface area contributed by atoms with Gasteiger partial charge in [0.25, 0.3) is 0 Å². The van der Waals surface area contributed by atoms with E-state index in [1.54, 1.807) is 11.3 Å². The Morgan fingerprint density at radius 1 is 1.36 bits per heavy atom. The smallest absolute Gasteiger partial charge is 0.245 e. The largest absolute Gasteiger partial charge is 0.341 e. The number of aryl methyl sites for hydroxylation is 1. The summed E-state index contributed by atoms with van der Waals surface area (Å²) in [7, 11) is 0. The zero-order valence-electron chi connectivity index (χ0n) is 13.7. The average molecular weight is 321 g/mol. The van der Waals surface area contributed by atoms with E-state index in [1.807, 2.05) is 0 Å². The van der Waals surface area contributed by atoms with E-state index in [-0.39, 0.29) is 6.04 Å². The number of nitrogens with one attached hydrogen (secondary N) is 1. The summed E-state index contributed by atoms with van der Waals surface area (Å²) in [5, 5.41) is 5.51. The van der Waals surface area contributed by atoms with Crippen LogP contribution in [0.15, 0.2) is 11.4 Å². The van der Waals surface area contributed by atoms with Crippen LogP contribution in [0.4, 0.5) is 0 Å². The molecule has 1 N–H and O–H groups in total. The van der Waals surface area contributed by atoms with Crippen molar-refractivity contribution < 1.29 is 4.79 Å². The normalized spacial score (nSPS) is 25.2. The number of piperazine rings is 1. The van der Waals surface area contributed by atoms with Crippen molar-refractivity contribution in [3.05, 3.63) is 21.9 Å². The first-order chi connectivity index (χ1) is 10.7. The molecule has 0 aliphatic carbocycles. The van der Waals surface area contributed by atoms with Crippen molar-refractivity contribution in [3.63, 3.8) is 0 Å². The summed E-state index contributed by atoms with van der Waals surface area (Å²) in [6.45, 7) is 10.1. The van der Waals surface area contributed by atoms with E-state index in [0.29, 0.717) is 11.8 Å². The number of carbonyl (C=O) groups is 1. The van der Waals surface area contributed by atoms with Crippen LogP contribution >= 0.6 is 11.3 Å². The molecule has 4 nitrogen and oxygen atoms in total. The minimum atomic E-state index is -0.0765. The van der Waals surface area contributed by atoms with Gasteiger partial charge in [-0.2, -0.15) is 0 Å². The molecule has 0 spiro atoms. The molecule has 0 bridgehead atoms. The maximum Gasteiger partial charge on any atom is 0.245 e. The quantitative estimate of drug-likeness (QED) is 0.927. The molecule has 0 radical (unpaired) electrons. The first-order valence-electron chi connectivity index (χ1n) is 8.44. The van der Waals surface area contributed by atoms with Crippen molar-refractivity contribution >= 4 is 17.2 Å². The second kappa shape index (κ2) is 7.11. The predicted molar refractivity (Wildman–Crippen MR) is 91.2 cm³/mol. The summed E-state index contributed by atoms with van der Waals surface area (Å²) >= 11 is 1.73. The van der Waals surface area contributed by atoms with Crippen LogP contribution in [0.2, 0.25) is 0 Å². The number of likely N-dealkylation sites (tertiary alicyclic amines) is 1. The van der Waals surface area contributed by atoms with Gasteiger partial charge in [0.1, 0.15) is 6.04 Å². The number of hydrogen-bond acceptors (Lipinski definition) is 4. The molecule has 1 amide bonds. The topological polar surface area (TPSA) is 35.6 Å². The Bertz CT molecular complexity index is 510. The van der Waals surface area contributed by atoms with Crippen LogP contribution in [0.5, 0.6) is 0 Å². The maximum atomic E-state index is 13.3. The number of nitrogens with zero attached hydrogens (tertiary/aromatic N) is 2. The number of thiophene rings is 1. The Balaban J connectivity index is 1.84. The molecule has 22 heavy (non-hydrogen) atoms. The fraction of sp³-hybridized carbons (Fsp3) is 0.706. The summed E-state index contributed by atoms with van der Waals surface area (Å²) in [4.78, 5) is 19.0. The van der Waals surface area contributed by atoms with Crippen LogP contribution in [0.3, 0.4) is 0 Å². The Kier molecular flexibility index (Phi) is 5.16. The minimum Gasteiger partial charge on any atom is -0.341 e. The summed E-state index contributed by atoms with van der Waals surface area (Å²) in [5.74, 6) is 0.949. The molecule has 2 aliphatic heterocycles. The van der Waals surface area contributed by atoms with Gasteiger partial charge >= 0.3 is 0 Å².